The van der Waals surface area contributed by atoms with E-state index in [0.717, 1.165) is 18.4 Å². The number of nitrogens with zero attached hydrogens (tertiary/aromatic N) is 2. The van der Waals surface area contributed by atoms with Gasteiger partial charge in [-0.1, -0.05) is 30.3 Å². The predicted molar refractivity (Wildman–Crippen MR) is 66.7 cm³/mol. The van der Waals surface area contributed by atoms with Crippen LogP contribution in [0.3, 0.4) is 0 Å². The van der Waals surface area contributed by atoms with Crippen LogP contribution in [0.2, 0.25) is 0 Å². The normalized spacial score (nSPS) is 20.4. The minimum atomic E-state index is -0.113. The second kappa shape index (κ2) is 4.44. The van der Waals surface area contributed by atoms with Crippen LogP contribution in [0.15, 0.2) is 30.3 Å². The summed E-state index contributed by atoms with van der Waals surface area (Å²) in [7, 11) is 0. The van der Waals surface area contributed by atoms with Gasteiger partial charge in [0, 0.05) is 19.0 Å². The molecule has 1 saturated carbocycles. The van der Waals surface area contributed by atoms with Crippen molar-refractivity contribution in [3.63, 3.8) is 0 Å². The summed E-state index contributed by atoms with van der Waals surface area (Å²) in [5.74, 6) is -0.0549. The van der Waals surface area contributed by atoms with Crippen LogP contribution in [0.5, 0.6) is 0 Å². The summed E-state index contributed by atoms with van der Waals surface area (Å²) in [6.45, 7) is 0.981. The molecule has 0 atom stereocenters. The molecule has 3 rings (SSSR count). The Balaban J connectivity index is 1.76. The molecule has 1 aliphatic carbocycles. The number of hydrogen-bond donors (Lipinski definition) is 0. The molecule has 1 aromatic rings. The lowest BCUT2D eigenvalue weighted by Gasteiger charge is -2.34. The molecular formula is C14H16N2O2. The van der Waals surface area contributed by atoms with E-state index >= 15 is 0 Å². The van der Waals surface area contributed by atoms with E-state index in [1.165, 1.54) is 4.90 Å². The van der Waals surface area contributed by atoms with Gasteiger partial charge in [-0.2, -0.15) is 0 Å². The molecule has 4 heteroatoms. The van der Waals surface area contributed by atoms with Crippen LogP contribution in [0, 0.1) is 0 Å². The highest BCUT2D eigenvalue weighted by Gasteiger charge is 2.39. The monoisotopic (exact) mass is 244 g/mol. The number of benzene rings is 1. The third-order valence-corrected chi connectivity index (χ3v) is 3.52. The van der Waals surface area contributed by atoms with Crippen molar-refractivity contribution in [2.75, 3.05) is 6.54 Å². The summed E-state index contributed by atoms with van der Waals surface area (Å²) in [5.41, 5.74) is 0.997. The summed E-state index contributed by atoms with van der Waals surface area (Å²) in [6.07, 6.45) is 2.62. The summed E-state index contributed by atoms with van der Waals surface area (Å²) in [4.78, 5) is 27.4. The second-order valence-electron chi connectivity index (χ2n) is 4.92. The smallest absolute Gasteiger partial charge is 0.321 e. The fourth-order valence-electron chi connectivity index (χ4n) is 2.36. The van der Waals surface area contributed by atoms with E-state index in [1.54, 1.807) is 0 Å². The fraction of sp³-hybridized carbons (Fsp3) is 0.429. The van der Waals surface area contributed by atoms with Gasteiger partial charge in [0.05, 0.1) is 6.54 Å². The zero-order valence-electron chi connectivity index (χ0n) is 10.2. The van der Waals surface area contributed by atoms with Crippen LogP contribution in [-0.4, -0.2) is 34.3 Å². The average molecular weight is 244 g/mol. The van der Waals surface area contributed by atoms with Gasteiger partial charge in [0.15, 0.2) is 0 Å². The maximum Gasteiger partial charge on any atom is 0.327 e. The molecule has 0 unspecified atom stereocenters. The van der Waals surface area contributed by atoms with Crippen LogP contribution >= 0.6 is 0 Å². The Hall–Kier alpha value is -1.84. The zero-order valence-corrected chi connectivity index (χ0v) is 10.2. The molecule has 4 nitrogen and oxygen atoms in total. The number of rotatable bonds is 3. The standard InChI is InChI=1S/C14H16N2O2/c17-13-8-9-15(12-6-7-12)14(18)16(13)10-11-4-2-1-3-5-11/h1-5,12H,6-10H2. The molecule has 2 fully saturated rings. The summed E-state index contributed by atoms with van der Waals surface area (Å²) >= 11 is 0. The van der Waals surface area contributed by atoms with Crippen LogP contribution in [0.1, 0.15) is 24.8 Å². The van der Waals surface area contributed by atoms with Crippen molar-refractivity contribution in [3.8, 4) is 0 Å². The third kappa shape index (κ3) is 2.10. The van der Waals surface area contributed by atoms with Crippen LogP contribution < -0.4 is 0 Å². The lowest BCUT2D eigenvalue weighted by Crippen LogP contribution is -2.52. The van der Waals surface area contributed by atoms with E-state index < -0.39 is 0 Å². The number of carbonyl (C=O) groups excluding carboxylic acids is 2. The summed E-state index contributed by atoms with van der Waals surface area (Å²) < 4.78 is 0. The Labute approximate surface area is 106 Å². The number of imide groups is 1. The van der Waals surface area contributed by atoms with Crippen LogP contribution in [0.4, 0.5) is 4.79 Å². The molecule has 0 bridgehead atoms. The highest BCUT2D eigenvalue weighted by atomic mass is 16.2. The summed E-state index contributed by atoms with van der Waals surface area (Å²) in [5, 5.41) is 0. The molecule has 0 radical (unpaired) electrons. The SMILES string of the molecule is O=C1CCN(C2CC2)C(=O)N1Cc1ccccc1. The van der Waals surface area contributed by atoms with E-state index in [9.17, 15) is 9.59 Å². The van der Waals surface area contributed by atoms with Crippen molar-refractivity contribution in [1.82, 2.24) is 9.80 Å². The van der Waals surface area contributed by atoms with Gasteiger partial charge in [0.25, 0.3) is 0 Å². The fourth-order valence-corrected chi connectivity index (χ4v) is 2.36. The molecule has 94 valence electrons. The Morgan fingerprint density at radius 2 is 1.83 bits per heavy atom. The lowest BCUT2D eigenvalue weighted by molar-refractivity contribution is -0.131. The molecule has 0 spiro atoms. The van der Waals surface area contributed by atoms with Gasteiger partial charge in [-0.25, -0.2) is 4.79 Å². The third-order valence-electron chi connectivity index (χ3n) is 3.52. The van der Waals surface area contributed by atoms with Crippen molar-refractivity contribution in [2.24, 2.45) is 0 Å². The molecular weight excluding hydrogens is 228 g/mol. The number of carbonyl (C=O) groups is 2. The van der Waals surface area contributed by atoms with Gasteiger partial charge in [-0.3, -0.25) is 9.69 Å². The van der Waals surface area contributed by atoms with E-state index in [1.807, 2.05) is 35.2 Å². The molecule has 3 amide bonds. The molecule has 1 heterocycles. The van der Waals surface area contributed by atoms with Gasteiger partial charge < -0.3 is 4.90 Å². The van der Waals surface area contributed by atoms with Crippen molar-refractivity contribution >= 4 is 11.9 Å². The van der Waals surface area contributed by atoms with Gasteiger partial charge in [-0.05, 0) is 18.4 Å². The number of urea groups is 1. The van der Waals surface area contributed by atoms with Gasteiger partial charge >= 0.3 is 6.03 Å². The van der Waals surface area contributed by atoms with E-state index in [4.69, 9.17) is 0 Å². The average Bonchev–Trinajstić information content (AvgIpc) is 3.20. The van der Waals surface area contributed by atoms with Gasteiger partial charge in [0.1, 0.15) is 0 Å². The first-order valence-corrected chi connectivity index (χ1v) is 6.40. The Morgan fingerprint density at radius 1 is 1.11 bits per heavy atom. The quantitative estimate of drug-likeness (QED) is 0.816. The molecule has 1 saturated heterocycles. The molecule has 0 aromatic heterocycles. The lowest BCUT2D eigenvalue weighted by atomic mass is 10.2. The number of amides is 3. The molecule has 1 aliphatic heterocycles. The van der Waals surface area contributed by atoms with Crippen molar-refractivity contribution in [3.05, 3.63) is 35.9 Å². The van der Waals surface area contributed by atoms with E-state index in [0.29, 0.717) is 25.6 Å². The van der Waals surface area contributed by atoms with Gasteiger partial charge in [-0.15, -0.1) is 0 Å². The second-order valence-corrected chi connectivity index (χ2v) is 4.92. The first-order valence-electron chi connectivity index (χ1n) is 6.40. The minimum Gasteiger partial charge on any atom is -0.321 e. The minimum absolute atomic E-state index is 0.0549. The Bertz CT molecular complexity index is 468. The largest absolute Gasteiger partial charge is 0.327 e. The molecule has 2 aliphatic rings. The first-order chi connectivity index (χ1) is 8.75. The Morgan fingerprint density at radius 3 is 2.50 bits per heavy atom. The molecule has 18 heavy (non-hydrogen) atoms. The maximum absolute atomic E-state index is 12.3. The topological polar surface area (TPSA) is 40.6 Å². The summed E-state index contributed by atoms with van der Waals surface area (Å²) in [6, 6.07) is 9.92. The van der Waals surface area contributed by atoms with Gasteiger partial charge in [0.2, 0.25) is 5.91 Å². The maximum atomic E-state index is 12.3. The van der Waals surface area contributed by atoms with Crippen molar-refractivity contribution in [2.45, 2.75) is 31.8 Å². The Kier molecular flexibility index (Phi) is 2.78. The molecule has 1 aromatic carbocycles. The van der Waals surface area contributed by atoms with Crippen LogP contribution in [-0.2, 0) is 11.3 Å². The van der Waals surface area contributed by atoms with Crippen LogP contribution in [0.25, 0.3) is 0 Å². The highest BCUT2D eigenvalue weighted by Crippen LogP contribution is 2.30. The molecule has 0 N–H and O–H groups in total. The number of hydrogen-bond acceptors (Lipinski definition) is 2. The zero-order chi connectivity index (χ0) is 12.5. The first kappa shape index (κ1) is 11.3. The van der Waals surface area contributed by atoms with Crippen molar-refractivity contribution in [1.29, 1.82) is 0 Å². The van der Waals surface area contributed by atoms with Crippen molar-refractivity contribution < 1.29 is 9.59 Å². The predicted octanol–water partition coefficient (Wildman–Crippen LogP) is 2.00. The van der Waals surface area contributed by atoms with E-state index in [2.05, 4.69) is 0 Å². The van der Waals surface area contributed by atoms with E-state index in [-0.39, 0.29) is 11.9 Å². The highest BCUT2D eigenvalue weighted by molar-refractivity contribution is 5.97.